The van der Waals surface area contributed by atoms with Gasteiger partial charge < -0.3 is 9.15 Å². The standard InChI is InChI=1S/C19H18O3/c1-3-13(2)21-15-10-8-14(9-11-15)17-12-19(20)22-18-7-5-4-6-16(17)18/h4-13H,3H2,1-2H3. The van der Waals surface area contributed by atoms with Crippen molar-refractivity contribution in [3.63, 3.8) is 0 Å². The van der Waals surface area contributed by atoms with Crippen molar-refractivity contribution in [1.29, 1.82) is 0 Å². The molecule has 0 saturated carbocycles. The van der Waals surface area contributed by atoms with Crippen LogP contribution < -0.4 is 10.4 Å². The van der Waals surface area contributed by atoms with Crippen LogP contribution in [0.15, 0.2) is 63.8 Å². The third-order valence-corrected chi connectivity index (χ3v) is 3.73. The summed E-state index contributed by atoms with van der Waals surface area (Å²) >= 11 is 0. The Balaban J connectivity index is 2.03. The SMILES string of the molecule is CCC(C)Oc1ccc(-c2cc(=O)oc3ccccc23)cc1. The lowest BCUT2D eigenvalue weighted by Gasteiger charge is -2.13. The largest absolute Gasteiger partial charge is 0.491 e. The molecule has 3 nitrogen and oxygen atoms in total. The monoisotopic (exact) mass is 294 g/mol. The van der Waals surface area contributed by atoms with Gasteiger partial charge in [0.05, 0.1) is 6.10 Å². The van der Waals surface area contributed by atoms with Gasteiger partial charge in [-0.25, -0.2) is 4.79 Å². The number of rotatable bonds is 4. The molecule has 0 fully saturated rings. The van der Waals surface area contributed by atoms with Crippen LogP contribution in [0.5, 0.6) is 5.75 Å². The molecule has 1 unspecified atom stereocenters. The van der Waals surface area contributed by atoms with Crippen LogP contribution in [0.25, 0.3) is 22.1 Å². The highest BCUT2D eigenvalue weighted by Crippen LogP contribution is 2.28. The maximum Gasteiger partial charge on any atom is 0.336 e. The second-order valence-corrected chi connectivity index (χ2v) is 5.34. The van der Waals surface area contributed by atoms with E-state index in [4.69, 9.17) is 9.15 Å². The van der Waals surface area contributed by atoms with Crippen LogP contribution in [0.3, 0.4) is 0 Å². The summed E-state index contributed by atoms with van der Waals surface area (Å²) in [6.45, 7) is 4.14. The minimum atomic E-state index is -0.339. The molecule has 1 atom stereocenters. The Morgan fingerprint density at radius 2 is 1.82 bits per heavy atom. The number of ether oxygens (including phenoxy) is 1. The molecule has 112 valence electrons. The van der Waals surface area contributed by atoms with Crippen LogP contribution in [-0.4, -0.2) is 6.10 Å². The smallest absolute Gasteiger partial charge is 0.336 e. The van der Waals surface area contributed by atoms with Crippen molar-refractivity contribution in [2.45, 2.75) is 26.4 Å². The molecular weight excluding hydrogens is 276 g/mol. The third kappa shape index (κ3) is 2.89. The van der Waals surface area contributed by atoms with Crippen LogP contribution in [0.4, 0.5) is 0 Å². The van der Waals surface area contributed by atoms with E-state index in [1.54, 1.807) is 6.07 Å². The van der Waals surface area contributed by atoms with Crippen molar-refractivity contribution in [3.8, 4) is 16.9 Å². The van der Waals surface area contributed by atoms with Crippen LogP contribution >= 0.6 is 0 Å². The Morgan fingerprint density at radius 1 is 1.09 bits per heavy atom. The average Bonchev–Trinajstić information content (AvgIpc) is 2.54. The Hall–Kier alpha value is -2.55. The summed E-state index contributed by atoms with van der Waals surface area (Å²) in [6.07, 6.45) is 1.15. The summed E-state index contributed by atoms with van der Waals surface area (Å²) in [6, 6.07) is 16.9. The van der Waals surface area contributed by atoms with E-state index < -0.39 is 0 Å². The molecule has 1 aromatic heterocycles. The van der Waals surface area contributed by atoms with Gasteiger partial charge >= 0.3 is 5.63 Å². The fourth-order valence-corrected chi connectivity index (χ4v) is 2.38. The van der Waals surface area contributed by atoms with E-state index in [0.29, 0.717) is 5.58 Å². The molecular formula is C19H18O3. The molecule has 0 aliphatic rings. The van der Waals surface area contributed by atoms with E-state index in [1.165, 1.54) is 6.07 Å². The van der Waals surface area contributed by atoms with E-state index in [-0.39, 0.29) is 11.7 Å². The summed E-state index contributed by atoms with van der Waals surface area (Å²) in [7, 11) is 0. The summed E-state index contributed by atoms with van der Waals surface area (Å²) in [5.74, 6) is 0.838. The maximum atomic E-state index is 11.7. The maximum absolute atomic E-state index is 11.7. The van der Waals surface area contributed by atoms with Gasteiger partial charge in [0.1, 0.15) is 11.3 Å². The van der Waals surface area contributed by atoms with Gasteiger partial charge in [-0.15, -0.1) is 0 Å². The molecule has 0 spiro atoms. The molecule has 0 aliphatic heterocycles. The highest BCUT2D eigenvalue weighted by molar-refractivity contribution is 5.93. The second kappa shape index (κ2) is 6.06. The lowest BCUT2D eigenvalue weighted by Crippen LogP contribution is -2.09. The zero-order chi connectivity index (χ0) is 15.5. The zero-order valence-corrected chi connectivity index (χ0v) is 12.7. The summed E-state index contributed by atoms with van der Waals surface area (Å²) in [4.78, 5) is 11.7. The molecule has 0 amide bonds. The molecule has 0 aliphatic carbocycles. The summed E-state index contributed by atoms with van der Waals surface area (Å²) in [5.41, 5.74) is 2.11. The third-order valence-electron chi connectivity index (χ3n) is 3.73. The predicted octanol–water partition coefficient (Wildman–Crippen LogP) is 4.64. The minimum absolute atomic E-state index is 0.190. The fraction of sp³-hybridized carbons (Fsp3) is 0.211. The van der Waals surface area contributed by atoms with E-state index >= 15 is 0 Å². The molecule has 0 saturated heterocycles. The molecule has 1 heterocycles. The van der Waals surface area contributed by atoms with Crippen molar-refractivity contribution in [1.82, 2.24) is 0 Å². The van der Waals surface area contributed by atoms with Crippen LogP contribution in [0.2, 0.25) is 0 Å². The van der Waals surface area contributed by atoms with Gasteiger partial charge in [-0.2, -0.15) is 0 Å². The lowest BCUT2D eigenvalue weighted by atomic mass is 10.0. The minimum Gasteiger partial charge on any atom is -0.491 e. The Kier molecular flexibility index (Phi) is 3.96. The number of para-hydroxylation sites is 1. The van der Waals surface area contributed by atoms with Gasteiger partial charge in [0.25, 0.3) is 0 Å². The van der Waals surface area contributed by atoms with Crippen LogP contribution in [-0.2, 0) is 0 Å². The topological polar surface area (TPSA) is 39.4 Å². The van der Waals surface area contributed by atoms with Crippen molar-refractivity contribution < 1.29 is 9.15 Å². The Bertz CT molecular complexity index is 831. The Morgan fingerprint density at radius 3 is 2.55 bits per heavy atom. The highest BCUT2D eigenvalue weighted by atomic mass is 16.5. The van der Waals surface area contributed by atoms with Gasteiger partial charge in [-0.3, -0.25) is 0 Å². The van der Waals surface area contributed by atoms with Crippen LogP contribution in [0.1, 0.15) is 20.3 Å². The second-order valence-electron chi connectivity index (χ2n) is 5.34. The molecule has 3 rings (SSSR count). The summed E-state index contributed by atoms with van der Waals surface area (Å²) in [5, 5.41) is 0.928. The van der Waals surface area contributed by atoms with Crippen molar-refractivity contribution in [2.75, 3.05) is 0 Å². The number of hydrogen-bond donors (Lipinski definition) is 0. The Labute approximate surface area is 129 Å². The number of benzene rings is 2. The van der Waals surface area contributed by atoms with E-state index in [9.17, 15) is 4.79 Å². The van der Waals surface area contributed by atoms with Gasteiger partial charge in [0.15, 0.2) is 0 Å². The molecule has 3 aromatic rings. The fourth-order valence-electron chi connectivity index (χ4n) is 2.38. The predicted molar refractivity (Wildman–Crippen MR) is 88.3 cm³/mol. The first-order chi connectivity index (χ1) is 10.7. The first kappa shape index (κ1) is 14.4. The summed E-state index contributed by atoms with van der Waals surface area (Å²) < 4.78 is 11.0. The van der Waals surface area contributed by atoms with Crippen molar-refractivity contribution in [2.24, 2.45) is 0 Å². The molecule has 2 aromatic carbocycles. The number of fused-ring (bicyclic) bond motifs is 1. The first-order valence-electron chi connectivity index (χ1n) is 7.47. The van der Waals surface area contributed by atoms with Crippen molar-refractivity contribution >= 4 is 11.0 Å². The number of hydrogen-bond acceptors (Lipinski definition) is 3. The first-order valence-corrected chi connectivity index (χ1v) is 7.47. The van der Waals surface area contributed by atoms with Gasteiger partial charge in [-0.05, 0) is 42.7 Å². The van der Waals surface area contributed by atoms with Crippen LogP contribution in [0, 0.1) is 0 Å². The van der Waals surface area contributed by atoms with Crippen molar-refractivity contribution in [3.05, 3.63) is 65.0 Å². The molecule has 0 bridgehead atoms. The van der Waals surface area contributed by atoms with E-state index in [2.05, 4.69) is 6.92 Å². The van der Waals surface area contributed by atoms with Gasteiger partial charge in [-0.1, -0.05) is 37.3 Å². The highest BCUT2D eigenvalue weighted by Gasteiger charge is 2.08. The molecule has 3 heteroatoms. The normalized spacial score (nSPS) is 12.3. The van der Waals surface area contributed by atoms with Gasteiger partial charge in [0, 0.05) is 11.5 Å². The average molecular weight is 294 g/mol. The quantitative estimate of drug-likeness (QED) is 0.658. The molecule has 0 N–H and O–H groups in total. The van der Waals surface area contributed by atoms with E-state index in [1.807, 2.05) is 49.4 Å². The molecule has 0 radical (unpaired) electrons. The van der Waals surface area contributed by atoms with E-state index in [0.717, 1.165) is 28.7 Å². The van der Waals surface area contributed by atoms with Gasteiger partial charge in [0.2, 0.25) is 0 Å². The zero-order valence-electron chi connectivity index (χ0n) is 12.7. The molecule has 22 heavy (non-hydrogen) atoms. The lowest BCUT2D eigenvalue weighted by molar-refractivity contribution is 0.217.